The lowest BCUT2D eigenvalue weighted by Crippen LogP contribution is -2.57. The van der Waals surface area contributed by atoms with Crippen LogP contribution in [0.4, 0.5) is 22.0 Å². The standard InChI is InChI=1S/C25H26F5N3O2S/c1-14(4-5-17-6-7-17)22-21(32-16(3)36-22)23(34)33-13-24(26,27)10-15(2)19(33)12-35-20-9-8-18(11-31-20)25(28,29)30/h4-5,8-9,11,15,17,19H,1,6-7,10,12-13H2,2-3H3/b5-4-/t15-,19?/m1/s1. The maximum Gasteiger partial charge on any atom is 0.417 e. The number of carbonyl (C=O) groups excluding carboxylic acids is 1. The van der Waals surface area contributed by atoms with Crippen molar-refractivity contribution in [3.05, 3.63) is 58.2 Å². The molecule has 0 spiro atoms. The first-order valence-corrected chi connectivity index (χ1v) is 12.4. The summed E-state index contributed by atoms with van der Waals surface area (Å²) in [5, 5.41) is 0.605. The lowest BCUT2D eigenvalue weighted by molar-refractivity contribution is -0.137. The van der Waals surface area contributed by atoms with Gasteiger partial charge in [0.2, 0.25) is 5.88 Å². The quantitative estimate of drug-likeness (QED) is 0.309. The summed E-state index contributed by atoms with van der Waals surface area (Å²) in [6, 6.07) is 1.13. The van der Waals surface area contributed by atoms with E-state index in [1.54, 1.807) is 13.8 Å². The van der Waals surface area contributed by atoms with E-state index in [2.05, 4.69) is 16.5 Å². The predicted molar refractivity (Wildman–Crippen MR) is 126 cm³/mol. The molecule has 1 amide bonds. The third-order valence-corrected chi connectivity index (χ3v) is 7.27. The van der Waals surface area contributed by atoms with E-state index in [4.69, 9.17) is 4.74 Å². The lowest BCUT2D eigenvalue weighted by atomic mass is 9.88. The fraction of sp³-hybridized carbons (Fsp3) is 0.480. The Morgan fingerprint density at radius 1 is 1.33 bits per heavy atom. The van der Waals surface area contributed by atoms with Gasteiger partial charge in [-0.1, -0.05) is 25.7 Å². The van der Waals surface area contributed by atoms with E-state index in [0.717, 1.165) is 29.9 Å². The van der Waals surface area contributed by atoms with Crippen molar-refractivity contribution in [3.8, 4) is 5.88 Å². The average molecular weight is 528 g/mol. The molecule has 36 heavy (non-hydrogen) atoms. The van der Waals surface area contributed by atoms with Crippen molar-refractivity contribution in [1.29, 1.82) is 0 Å². The van der Waals surface area contributed by atoms with E-state index in [1.165, 1.54) is 11.3 Å². The molecule has 1 aliphatic heterocycles. The van der Waals surface area contributed by atoms with Crippen LogP contribution < -0.4 is 4.74 Å². The van der Waals surface area contributed by atoms with E-state index in [-0.39, 0.29) is 18.2 Å². The molecule has 2 aliphatic rings. The summed E-state index contributed by atoms with van der Waals surface area (Å²) in [7, 11) is 0. The number of amides is 1. The zero-order valence-electron chi connectivity index (χ0n) is 19.8. The van der Waals surface area contributed by atoms with Gasteiger partial charge in [0.1, 0.15) is 12.3 Å². The van der Waals surface area contributed by atoms with Crippen LogP contribution in [-0.4, -0.2) is 45.9 Å². The number of carbonyl (C=O) groups is 1. The molecule has 2 atom stereocenters. The fourth-order valence-corrected chi connectivity index (χ4v) is 5.03. The Kier molecular flexibility index (Phi) is 7.23. The number of ether oxygens (including phenoxy) is 1. The second-order valence-corrected chi connectivity index (χ2v) is 10.6. The highest BCUT2D eigenvalue weighted by molar-refractivity contribution is 7.13. The summed E-state index contributed by atoms with van der Waals surface area (Å²) in [6.07, 6.45) is 1.72. The minimum absolute atomic E-state index is 0.0607. The molecule has 0 aromatic carbocycles. The Morgan fingerprint density at radius 2 is 2.06 bits per heavy atom. The highest BCUT2D eigenvalue weighted by Crippen LogP contribution is 2.38. The number of nitrogens with zero attached hydrogens (tertiary/aromatic N) is 3. The Labute approximate surface area is 209 Å². The summed E-state index contributed by atoms with van der Waals surface area (Å²) < 4.78 is 73.0. The summed E-state index contributed by atoms with van der Waals surface area (Å²) in [6.45, 7) is 6.34. The molecule has 3 heterocycles. The fourth-order valence-electron chi connectivity index (χ4n) is 4.17. The molecule has 11 heteroatoms. The van der Waals surface area contributed by atoms with Gasteiger partial charge in [0.15, 0.2) is 0 Å². The number of hydrogen-bond donors (Lipinski definition) is 0. The van der Waals surface area contributed by atoms with Crippen LogP contribution in [0.3, 0.4) is 0 Å². The number of rotatable bonds is 7. The van der Waals surface area contributed by atoms with Gasteiger partial charge in [-0.05, 0) is 43.2 Å². The predicted octanol–water partition coefficient (Wildman–Crippen LogP) is 6.41. The molecule has 194 valence electrons. The molecule has 0 N–H and O–H groups in total. The van der Waals surface area contributed by atoms with Crippen molar-refractivity contribution in [2.45, 2.75) is 51.3 Å². The topological polar surface area (TPSA) is 55.3 Å². The zero-order chi connectivity index (χ0) is 26.3. The molecule has 2 aromatic heterocycles. The number of allylic oxidation sites excluding steroid dienone is 3. The Morgan fingerprint density at radius 3 is 2.67 bits per heavy atom. The molecule has 1 unspecified atom stereocenters. The van der Waals surface area contributed by atoms with Crippen molar-refractivity contribution in [2.75, 3.05) is 13.2 Å². The number of alkyl halides is 5. The number of piperidine rings is 1. The van der Waals surface area contributed by atoms with Crippen LogP contribution >= 0.6 is 11.3 Å². The van der Waals surface area contributed by atoms with Crippen LogP contribution in [0.1, 0.15) is 52.1 Å². The molecule has 0 radical (unpaired) electrons. The molecule has 2 aromatic rings. The van der Waals surface area contributed by atoms with Gasteiger partial charge in [-0.2, -0.15) is 13.2 Å². The van der Waals surface area contributed by atoms with Crippen LogP contribution in [-0.2, 0) is 6.18 Å². The summed E-state index contributed by atoms with van der Waals surface area (Å²) in [4.78, 5) is 23.2. The smallest absolute Gasteiger partial charge is 0.417 e. The molecule has 5 nitrogen and oxygen atoms in total. The summed E-state index contributed by atoms with van der Waals surface area (Å²) in [5.74, 6) is -4.00. The maximum atomic E-state index is 14.6. The van der Waals surface area contributed by atoms with Crippen molar-refractivity contribution < 1.29 is 31.5 Å². The lowest BCUT2D eigenvalue weighted by Gasteiger charge is -2.42. The van der Waals surface area contributed by atoms with Gasteiger partial charge < -0.3 is 9.64 Å². The zero-order valence-corrected chi connectivity index (χ0v) is 20.6. The van der Waals surface area contributed by atoms with E-state index >= 15 is 0 Å². The molecule has 1 saturated carbocycles. The van der Waals surface area contributed by atoms with Gasteiger partial charge in [-0.15, -0.1) is 11.3 Å². The number of aryl methyl sites for hydroxylation is 1. The normalized spacial score (nSPS) is 22.1. The van der Waals surface area contributed by atoms with Crippen molar-refractivity contribution in [3.63, 3.8) is 0 Å². The van der Waals surface area contributed by atoms with Crippen LogP contribution in [0.5, 0.6) is 5.88 Å². The second kappa shape index (κ2) is 9.91. The van der Waals surface area contributed by atoms with Gasteiger partial charge in [-0.25, -0.2) is 18.7 Å². The largest absolute Gasteiger partial charge is 0.475 e. The van der Waals surface area contributed by atoms with Crippen LogP contribution in [0.2, 0.25) is 0 Å². The summed E-state index contributed by atoms with van der Waals surface area (Å²) >= 11 is 1.27. The minimum atomic E-state index is -4.54. The molecule has 0 bridgehead atoms. The third-order valence-electron chi connectivity index (χ3n) is 6.23. The molecule has 1 aliphatic carbocycles. The van der Waals surface area contributed by atoms with E-state index in [1.807, 2.05) is 12.2 Å². The molecular formula is C25H26F5N3O2S. The Balaban J connectivity index is 1.56. The Bertz CT molecular complexity index is 1160. The molecule has 2 fully saturated rings. The third kappa shape index (κ3) is 6.11. The first-order chi connectivity index (χ1) is 16.8. The first kappa shape index (κ1) is 26.2. The van der Waals surface area contributed by atoms with Crippen molar-refractivity contribution in [1.82, 2.24) is 14.9 Å². The van der Waals surface area contributed by atoms with Gasteiger partial charge in [0.05, 0.1) is 28.0 Å². The molecule has 1 saturated heterocycles. The molecule has 4 rings (SSSR count). The van der Waals surface area contributed by atoms with Gasteiger partial charge in [0.25, 0.3) is 11.8 Å². The average Bonchev–Trinajstić information content (AvgIpc) is 3.54. The number of aromatic nitrogens is 2. The number of halogens is 5. The van der Waals surface area contributed by atoms with E-state index in [0.29, 0.717) is 27.6 Å². The first-order valence-electron chi connectivity index (χ1n) is 11.5. The van der Waals surface area contributed by atoms with E-state index in [9.17, 15) is 26.7 Å². The van der Waals surface area contributed by atoms with Gasteiger partial charge in [0, 0.05) is 18.7 Å². The number of hydrogen-bond acceptors (Lipinski definition) is 5. The minimum Gasteiger partial charge on any atom is -0.475 e. The number of likely N-dealkylation sites (tertiary alicyclic amines) is 1. The van der Waals surface area contributed by atoms with Gasteiger partial charge in [-0.3, -0.25) is 4.79 Å². The number of thiazole rings is 1. The van der Waals surface area contributed by atoms with Crippen LogP contribution in [0.15, 0.2) is 37.1 Å². The molecular weight excluding hydrogens is 501 g/mol. The second-order valence-electron chi connectivity index (χ2n) is 9.36. The van der Waals surface area contributed by atoms with Gasteiger partial charge >= 0.3 is 6.18 Å². The highest BCUT2D eigenvalue weighted by Gasteiger charge is 2.47. The SMILES string of the molecule is C=C(/C=C\C1CC1)c1sc(C)nc1C(=O)N1CC(F)(F)C[C@@H](C)C1COc1ccc(C(F)(F)F)cn1. The monoisotopic (exact) mass is 527 g/mol. The van der Waals surface area contributed by atoms with Crippen LogP contribution in [0, 0.1) is 18.8 Å². The Hall–Kier alpha value is -2.82. The van der Waals surface area contributed by atoms with E-state index < -0.39 is 48.5 Å². The maximum absolute atomic E-state index is 14.6. The van der Waals surface area contributed by atoms with Crippen molar-refractivity contribution >= 4 is 22.8 Å². The number of pyridine rings is 1. The van der Waals surface area contributed by atoms with Crippen LogP contribution in [0.25, 0.3) is 5.57 Å². The highest BCUT2D eigenvalue weighted by atomic mass is 32.1. The van der Waals surface area contributed by atoms with Crippen molar-refractivity contribution in [2.24, 2.45) is 11.8 Å². The summed E-state index contributed by atoms with van der Waals surface area (Å²) in [5.41, 5.74) is -0.278.